The number of fused-ring (bicyclic) bond motifs is 1. The molecule has 0 radical (unpaired) electrons. The highest BCUT2D eigenvalue weighted by Crippen LogP contribution is 2.20. The van der Waals surface area contributed by atoms with Gasteiger partial charge in [0.15, 0.2) is 0 Å². The number of carbonyl (C=O) groups is 2. The van der Waals surface area contributed by atoms with Crippen molar-refractivity contribution in [2.75, 3.05) is 11.4 Å². The van der Waals surface area contributed by atoms with E-state index in [1.54, 1.807) is 10.7 Å². The molecule has 0 saturated carbocycles. The average Bonchev–Trinajstić information content (AvgIpc) is 2.91. The monoisotopic (exact) mass is 304 g/mol. The molecule has 0 atom stereocenters. The predicted molar refractivity (Wildman–Crippen MR) is 73.6 cm³/mol. The Labute approximate surface area is 125 Å². The number of aromatic nitrogens is 3. The largest absolute Gasteiger partial charge is 0.459 e. The molecule has 0 aliphatic carbocycles. The van der Waals surface area contributed by atoms with E-state index < -0.39 is 11.8 Å². The van der Waals surface area contributed by atoms with E-state index in [4.69, 9.17) is 4.74 Å². The Balaban J connectivity index is 1.82. The van der Waals surface area contributed by atoms with Gasteiger partial charge in [-0.05, 0) is 18.2 Å². The van der Waals surface area contributed by atoms with Gasteiger partial charge in [0.05, 0.1) is 12.7 Å². The van der Waals surface area contributed by atoms with Crippen LogP contribution in [0, 0.1) is 5.82 Å². The molecule has 2 aromatic rings. The SMILES string of the molecule is CC(=O)OCc1cc2n(n1)CCN(c1ccc(F)cn1)C2=O. The van der Waals surface area contributed by atoms with Crippen molar-refractivity contribution >= 4 is 17.7 Å². The number of esters is 1. The van der Waals surface area contributed by atoms with Gasteiger partial charge in [0, 0.05) is 13.5 Å². The molecule has 3 heterocycles. The summed E-state index contributed by atoms with van der Waals surface area (Å²) in [5.41, 5.74) is 0.895. The third-order valence-electron chi connectivity index (χ3n) is 3.24. The molecule has 114 valence electrons. The molecule has 22 heavy (non-hydrogen) atoms. The molecule has 7 nitrogen and oxygen atoms in total. The maximum Gasteiger partial charge on any atom is 0.303 e. The molecule has 0 bridgehead atoms. The Hall–Kier alpha value is -2.77. The zero-order valence-electron chi connectivity index (χ0n) is 11.8. The summed E-state index contributed by atoms with van der Waals surface area (Å²) in [7, 11) is 0. The highest BCUT2D eigenvalue weighted by atomic mass is 19.1. The molecule has 0 N–H and O–H groups in total. The van der Waals surface area contributed by atoms with Crippen LogP contribution >= 0.6 is 0 Å². The molecule has 8 heteroatoms. The van der Waals surface area contributed by atoms with E-state index in [9.17, 15) is 14.0 Å². The molecule has 0 saturated heterocycles. The van der Waals surface area contributed by atoms with Crippen molar-refractivity contribution < 1.29 is 18.7 Å². The Bertz CT molecular complexity index is 726. The molecule has 3 rings (SSSR count). The van der Waals surface area contributed by atoms with Crippen LogP contribution in [-0.2, 0) is 22.7 Å². The lowest BCUT2D eigenvalue weighted by Gasteiger charge is -2.26. The summed E-state index contributed by atoms with van der Waals surface area (Å²) in [6, 6.07) is 4.30. The smallest absolute Gasteiger partial charge is 0.303 e. The van der Waals surface area contributed by atoms with Gasteiger partial charge in [0.25, 0.3) is 5.91 Å². The minimum Gasteiger partial charge on any atom is -0.459 e. The zero-order valence-corrected chi connectivity index (χ0v) is 11.8. The first kappa shape index (κ1) is 14.2. The summed E-state index contributed by atoms with van der Waals surface area (Å²) in [5, 5.41) is 4.23. The van der Waals surface area contributed by atoms with Gasteiger partial charge in [-0.3, -0.25) is 19.2 Å². The van der Waals surface area contributed by atoms with Crippen molar-refractivity contribution in [1.29, 1.82) is 0 Å². The van der Waals surface area contributed by atoms with Gasteiger partial charge in [-0.1, -0.05) is 0 Å². The lowest BCUT2D eigenvalue weighted by atomic mass is 10.2. The number of amides is 1. The molecule has 0 unspecified atom stereocenters. The maximum atomic E-state index is 12.9. The van der Waals surface area contributed by atoms with E-state index in [-0.39, 0.29) is 12.5 Å². The number of ether oxygens (including phenoxy) is 1. The van der Waals surface area contributed by atoms with Gasteiger partial charge >= 0.3 is 5.97 Å². The second kappa shape index (κ2) is 5.55. The summed E-state index contributed by atoms with van der Waals surface area (Å²) in [6.07, 6.45) is 1.07. The third-order valence-corrected chi connectivity index (χ3v) is 3.24. The highest BCUT2D eigenvalue weighted by molar-refractivity contribution is 6.05. The predicted octanol–water partition coefficient (Wildman–Crippen LogP) is 1.14. The fourth-order valence-electron chi connectivity index (χ4n) is 2.24. The molecule has 1 aliphatic heterocycles. The standard InChI is InChI=1S/C14H13FN4O3/c1-9(20)22-8-11-6-12-14(21)18(4-5-19(12)17-11)13-3-2-10(15)7-16-13/h2-3,6-7H,4-5,8H2,1H3. The van der Waals surface area contributed by atoms with E-state index in [1.807, 2.05) is 0 Å². The van der Waals surface area contributed by atoms with Crippen LogP contribution in [0.5, 0.6) is 0 Å². The third kappa shape index (κ3) is 2.67. The van der Waals surface area contributed by atoms with Crippen LogP contribution in [0.2, 0.25) is 0 Å². The van der Waals surface area contributed by atoms with Gasteiger partial charge < -0.3 is 4.74 Å². The molecule has 0 fully saturated rings. The zero-order chi connectivity index (χ0) is 15.7. The van der Waals surface area contributed by atoms with Crippen molar-refractivity contribution in [3.8, 4) is 0 Å². The topological polar surface area (TPSA) is 77.3 Å². The second-order valence-electron chi connectivity index (χ2n) is 4.82. The molecule has 0 aromatic carbocycles. The minimum atomic E-state index is -0.457. The van der Waals surface area contributed by atoms with Crippen molar-refractivity contribution in [2.24, 2.45) is 0 Å². The van der Waals surface area contributed by atoms with Gasteiger partial charge in [-0.2, -0.15) is 5.10 Å². The number of rotatable bonds is 3. The Morgan fingerprint density at radius 3 is 2.91 bits per heavy atom. The molecule has 1 amide bonds. The van der Waals surface area contributed by atoms with Crippen LogP contribution in [0.3, 0.4) is 0 Å². The number of hydrogen-bond acceptors (Lipinski definition) is 5. The number of anilines is 1. The quantitative estimate of drug-likeness (QED) is 0.795. The van der Waals surface area contributed by atoms with E-state index in [1.165, 1.54) is 24.0 Å². The first-order valence-electron chi connectivity index (χ1n) is 6.68. The van der Waals surface area contributed by atoms with E-state index in [0.29, 0.717) is 30.3 Å². The fraction of sp³-hybridized carbons (Fsp3) is 0.286. The molecular formula is C14H13FN4O3. The van der Waals surface area contributed by atoms with Crippen LogP contribution < -0.4 is 4.90 Å². The van der Waals surface area contributed by atoms with Gasteiger partial charge in [0.2, 0.25) is 0 Å². The number of carbonyl (C=O) groups excluding carboxylic acids is 2. The van der Waals surface area contributed by atoms with Crippen LogP contribution in [0.1, 0.15) is 23.1 Å². The lowest BCUT2D eigenvalue weighted by molar-refractivity contribution is -0.142. The molecule has 2 aromatic heterocycles. The Kier molecular flexibility index (Phi) is 3.58. The Morgan fingerprint density at radius 1 is 1.41 bits per heavy atom. The fourth-order valence-corrected chi connectivity index (χ4v) is 2.24. The van der Waals surface area contributed by atoms with Crippen LogP contribution in [-0.4, -0.2) is 33.2 Å². The van der Waals surface area contributed by atoms with Crippen molar-refractivity contribution in [1.82, 2.24) is 14.8 Å². The van der Waals surface area contributed by atoms with E-state index in [2.05, 4.69) is 10.1 Å². The van der Waals surface area contributed by atoms with Crippen LogP contribution in [0.25, 0.3) is 0 Å². The first-order valence-corrected chi connectivity index (χ1v) is 6.68. The van der Waals surface area contributed by atoms with Crippen molar-refractivity contribution in [2.45, 2.75) is 20.1 Å². The average molecular weight is 304 g/mol. The summed E-state index contributed by atoms with van der Waals surface area (Å²) in [5.74, 6) is -0.747. The number of hydrogen-bond donors (Lipinski definition) is 0. The number of halogens is 1. The summed E-state index contributed by atoms with van der Waals surface area (Å²) >= 11 is 0. The van der Waals surface area contributed by atoms with Crippen molar-refractivity contribution in [3.63, 3.8) is 0 Å². The second-order valence-corrected chi connectivity index (χ2v) is 4.82. The van der Waals surface area contributed by atoms with Gasteiger partial charge in [-0.25, -0.2) is 9.37 Å². The van der Waals surface area contributed by atoms with Crippen molar-refractivity contribution in [3.05, 3.63) is 41.6 Å². The first-order chi connectivity index (χ1) is 10.5. The van der Waals surface area contributed by atoms with Gasteiger partial charge in [-0.15, -0.1) is 0 Å². The minimum absolute atomic E-state index is 0.0252. The van der Waals surface area contributed by atoms with Crippen LogP contribution in [0.15, 0.2) is 24.4 Å². The molecule has 1 aliphatic rings. The highest BCUT2D eigenvalue weighted by Gasteiger charge is 2.28. The number of pyridine rings is 1. The normalized spacial score (nSPS) is 13.9. The number of nitrogens with zero attached hydrogens (tertiary/aromatic N) is 4. The Morgan fingerprint density at radius 2 is 2.23 bits per heavy atom. The lowest BCUT2D eigenvalue weighted by Crippen LogP contribution is -2.40. The summed E-state index contributed by atoms with van der Waals surface area (Å²) in [4.78, 5) is 28.7. The van der Waals surface area contributed by atoms with Gasteiger partial charge in [0.1, 0.15) is 29.6 Å². The molecular weight excluding hydrogens is 291 g/mol. The van der Waals surface area contributed by atoms with E-state index in [0.717, 1.165) is 6.20 Å². The maximum absolute atomic E-state index is 12.9. The van der Waals surface area contributed by atoms with E-state index >= 15 is 0 Å². The van der Waals surface area contributed by atoms with Crippen LogP contribution in [0.4, 0.5) is 10.2 Å². The molecule has 0 spiro atoms. The summed E-state index contributed by atoms with van der Waals surface area (Å²) < 4.78 is 19.4. The summed E-state index contributed by atoms with van der Waals surface area (Å²) in [6.45, 7) is 2.21.